The van der Waals surface area contributed by atoms with E-state index >= 15 is 0 Å². The summed E-state index contributed by atoms with van der Waals surface area (Å²) in [4.78, 5) is 12.4. The summed E-state index contributed by atoms with van der Waals surface area (Å²) in [5.41, 5.74) is 4.55. The Hall–Kier alpha value is -2.61. The Labute approximate surface area is 130 Å². The molecule has 2 heteroatoms. The molecule has 0 fully saturated rings. The second kappa shape index (κ2) is 6.02. The molecule has 0 unspecified atom stereocenters. The maximum atomic E-state index is 12.4. The van der Waals surface area contributed by atoms with Gasteiger partial charge in [-0.2, -0.15) is 0 Å². The van der Waals surface area contributed by atoms with Crippen LogP contribution in [-0.2, 0) is 9.53 Å². The smallest absolute Gasteiger partial charge is 0.339 e. The van der Waals surface area contributed by atoms with Crippen LogP contribution in [0.4, 0.5) is 0 Å². The molecule has 0 spiro atoms. The van der Waals surface area contributed by atoms with E-state index in [0.29, 0.717) is 12.0 Å². The Morgan fingerprint density at radius 1 is 1.00 bits per heavy atom. The van der Waals surface area contributed by atoms with Gasteiger partial charge in [-0.1, -0.05) is 72.8 Å². The molecule has 1 aliphatic heterocycles. The van der Waals surface area contributed by atoms with Gasteiger partial charge >= 0.3 is 5.97 Å². The maximum Gasteiger partial charge on any atom is 0.339 e. The molecule has 1 aliphatic rings. The van der Waals surface area contributed by atoms with Crippen molar-refractivity contribution in [2.24, 2.45) is 0 Å². The fourth-order valence-electron chi connectivity index (χ4n) is 2.80. The summed E-state index contributed by atoms with van der Waals surface area (Å²) in [6, 6.07) is 19.7. The van der Waals surface area contributed by atoms with Crippen molar-refractivity contribution in [2.75, 3.05) is 0 Å². The predicted molar refractivity (Wildman–Crippen MR) is 89.0 cm³/mol. The van der Waals surface area contributed by atoms with Gasteiger partial charge in [-0.25, -0.2) is 4.79 Å². The van der Waals surface area contributed by atoms with Crippen LogP contribution in [-0.4, -0.2) is 12.1 Å². The van der Waals surface area contributed by atoms with E-state index in [0.717, 1.165) is 22.3 Å². The predicted octanol–water partition coefficient (Wildman–Crippen LogP) is 4.49. The van der Waals surface area contributed by atoms with Crippen LogP contribution >= 0.6 is 0 Å². The van der Waals surface area contributed by atoms with Gasteiger partial charge in [-0.05, 0) is 18.1 Å². The van der Waals surface area contributed by atoms with E-state index in [1.807, 2.05) is 67.6 Å². The minimum Gasteiger partial charge on any atom is -0.453 e. The molecule has 0 N–H and O–H groups in total. The number of benzene rings is 2. The van der Waals surface area contributed by atoms with Gasteiger partial charge in [-0.3, -0.25) is 0 Å². The first-order valence-electron chi connectivity index (χ1n) is 7.37. The van der Waals surface area contributed by atoms with E-state index in [2.05, 4.69) is 6.58 Å². The Morgan fingerprint density at radius 2 is 1.55 bits per heavy atom. The third-order valence-corrected chi connectivity index (χ3v) is 3.73. The highest BCUT2D eigenvalue weighted by molar-refractivity contribution is 6.28. The summed E-state index contributed by atoms with van der Waals surface area (Å²) in [6.07, 6.45) is 0.384. The van der Waals surface area contributed by atoms with Crippen LogP contribution in [0.25, 0.3) is 11.1 Å². The van der Waals surface area contributed by atoms with Crippen LogP contribution < -0.4 is 0 Å². The molecule has 0 aromatic heterocycles. The van der Waals surface area contributed by atoms with Crippen molar-refractivity contribution < 1.29 is 9.53 Å². The van der Waals surface area contributed by atoms with Crippen LogP contribution in [0.15, 0.2) is 72.8 Å². The van der Waals surface area contributed by atoms with Crippen molar-refractivity contribution in [1.82, 2.24) is 0 Å². The molecule has 1 heterocycles. The Bertz CT molecular complexity index is 727. The van der Waals surface area contributed by atoms with E-state index < -0.39 is 0 Å². The lowest BCUT2D eigenvalue weighted by molar-refractivity contribution is -0.137. The fraction of sp³-hybridized carbons (Fsp3) is 0.150. The normalized spacial score (nSPS) is 17.5. The molecule has 0 saturated carbocycles. The number of carbonyl (C=O) groups is 1. The first kappa shape index (κ1) is 14.3. The number of cyclic esters (lactones) is 1. The van der Waals surface area contributed by atoms with Gasteiger partial charge in [-0.15, -0.1) is 0 Å². The van der Waals surface area contributed by atoms with Gasteiger partial charge < -0.3 is 4.74 Å². The average molecular weight is 290 g/mol. The molecule has 22 heavy (non-hydrogen) atoms. The molecule has 110 valence electrons. The van der Waals surface area contributed by atoms with Gasteiger partial charge in [0.2, 0.25) is 0 Å². The number of carbonyl (C=O) groups excluding carboxylic acids is 1. The van der Waals surface area contributed by atoms with E-state index in [-0.39, 0.29) is 12.1 Å². The highest BCUT2D eigenvalue weighted by Crippen LogP contribution is 2.39. The lowest BCUT2D eigenvalue weighted by Gasteiger charge is -2.14. The summed E-state index contributed by atoms with van der Waals surface area (Å²) in [7, 11) is 0. The first-order chi connectivity index (χ1) is 10.7. The molecule has 2 aromatic rings. The number of ether oxygens (including phenoxy) is 1. The third kappa shape index (κ3) is 2.73. The van der Waals surface area contributed by atoms with E-state index in [9.17, 15) is 4.79 Å². The second-order valence-corrected chi connectivity index (χ2v) is 5.58. The highest BCUT2D eigenvalue weighted by Gasteiger charge is 2.35. The summed E-state index contributed by atoms with van der Waals surface area (Å²) in [5, 5.41) is 0. The lowest BCUT2D eigenvalue weighted by atomic mass is 9.91. The minimum absolute atomic E-state index is 0.253. The van der Waals surface area contributed by atoms with Gasteiger partial charge in [0, 0.05) is 12.0 Å². The number of esters is 1. The summed E-state index contributed by atoms with van der Waals surface area (Å²) < 4.78 is 5.63. The molecular weight excluding hydrogens is 272 g/mol. The van der Waals surface area contributed by atoms with Crippen molar-refractivity contribution in [1.29, 1.82) is 0 Å². The monoisotopic (exact) mass is 290 g/mol. The van der Waals surface area contributed by atoms with Crippen LogP contribution in [0, 0.1) is 0 Å². The molecule has 2 aromatic carbocycles. The standard InChI is InChI=1S/C20H18O2/c1-14(2)13-17-18(15-9-5-3-6-10-15)19(20(21)22-17)16-11-7-4-8-12-16/h3-12,17H,1,13H2,2H3/t17-/m1/s1. The maximum absolute atomic E-state index is 12.4. The van der Waals surface area contributed by atoms with Crippen LogP contribution in [0.3, 0.4) is 0 Å². The Kier molecular flexibility index (Phi) is 3.92. The quantitative estimate of drug-likeness (QED) is 0.612. The largest absolute Gasteiger partial charge is 0.453 e. The Morgan fingerprint density at radius 3 is 2.09 bits per heavy atom. The molecule has 0 amide bonds. The zero-order chi connectivity index (χ0) is 15.5. The van der Waals surface area contributed by atoms with Crippen LogP contribution in [0.2, 0.25) is 0 Å². The molecular formula is C20H18O2. The van der Waals surface area contributed by atoms with Crippen molar-refractivity contribution in [3.8, 4) is 0 Å². The molecule has 3 rings (SSSR count). The van der Waals surface area contributed by atoms with E-state index in [1.165, 1.54) is 0 Å². The average Bonchev–Trinajstić information content (AvgIpc) is 2.84. The topological polar surface area (TPSA) is 26.3 Å². The lowest BCUT2D eigenvalue weighted by Crippen LogP contribution is -2.11. The third-order valence-electron chi connectivity index (χ3n) is 3.73. The number of hydrogen-bond acceptors (Lipinski definition) is 2. The van der Waals surface area contributed by atoms with Gasteiger partial charge in [0.1, 0.15) is 6.10 Å². The van der Waals surface area contributed by atoms with Crippen molar-refractivity contribution in [3.63, 3.8) is 0 Å². The summed E-state index contributed by atoms with van der Waals surface area (Å²) >= 11 is 0. The van der Waals surface area contributed by atoms with Crippen molar-refractivity contribution in [2.45, 2.75) is 19.4 Å². The number of rotatable bonds is 4. The molecule has 1 atom stereocenters. The molecule has 0 bridgehead atoms. The zero-order valence-corrected chi connectivity index (χ0v) is 12.6. The van der Waals surface area contributed by atoms with Crippen LogP contribution in [0.1, 0.15) is 24.5 Å². The fourth-order valence-corrected chi connectivity index (χ4v) is 2.80. The van der Waals surface area contributed by atoms with E-state index in [1.54, 1.807) is 0 Å². The summed E-state index contributed by atoms with van der Waals surface area (Å²) in [5.74, 6) is -0.253. The van der Waals surface area contributed by atoms with Gasteiger partial charge in [0.05, 0.1) is 5.57 Å². The SMILES string of the molecule is C=C(C)C[C@H]1OC(=O)C(c2ccccc2)=C1c1ccccc1. The van der Waals surface area contributed by atoms with Gasteiger partial charge in [0.25, 0.3) is 0 Å². The molecule has 2 nitrogen and oxygen atoms in total. The minimum atomic E-state index is -0.261. The van der Waals surface area contributed by atoms with Crippen molar-refractivity contribution >= 4 is 17.1 Å². The first-order valence-corrected chi connectivity index (χ1v) is 7.37. The Balaban J connectivity index is 2.17. The molecule has 0 radical (unpaired) electrons. The second-order valence-electron chi connectivity index (χ2n) is 5.58. The highest BCUT2D eigenvalue weighted by atomic mass is 16.5. The van der Waals surface area contributed by atoms with Gasteiger partial charge in [0.15, 0.2) is 0 Å². The van der Waals surface area contributed by atoms with Crippen LogP contribution in [0.5, 0.6) is 0 Å². The summed E-state index contributed by atoms with van der Waals surface area (Å²) in [6.45, 7) is 5.91. The van der Waals surface area contributed by atoms with Crippen molar-refractivity contribution in [3.05, 3.63) is 83.9 Å². The van der Waals surface area contributed by atoms with E-state index in [4.69, 9.17) is 4.74 Å². The zero-order valence-electron chi connectivity index (χ0n) is 12.6. The number of hydrogen-bond donors (Lipinski definition) is 0. The molecule has 0 aliphatic carbocycles. The molecule has 0 saturated heterocycles.